The number of nitrogens with zero attached hydrogens (tertiary/aromatic N) is 2. The van der Waals surface area contributed by atoms with Crippen molar-refractivity contribution in [2.24, 2.45) is 11.7 Å². The molecule has 15 heavy (non-hydrogen) atoms. The molecule has 1 heterocycles. The maximum absolute atomic E-state index is 11.5. The predicted octanol–water partition coefficient (Wildman–Crippen LogP) is 0.114. The lowest BCUT2D eigenvalue weighted by molar-refractivity contribution is -0.121. The van der Waals surface area contributed by atoms with Crippen LogP contribution in [0.15, 0.2) is 12.5 Å². The molecule has 1 aromatic heterocycles. The van der Waals surface area contributed by atoms with Gasteiger partial charge in [-0.1, -0.05) is 13.8 Å². The van der Waals surface area contributed by atoms with Crippen molar-refractivity contribution in [3.63, 3.8) is 0 Å². The standard InChI is InChI=1S/C10H18N4O/c1-8(2)4-13-10(15)6-14-7-12-5-9(14)3-11/h5,7-8H,3-4,6,11H2,1-2H3,(H,13,15). The molecule has 1 aromatic rings. The summed E-state index contributed by atoms with van der Waals surface area (Å²) < 4.78 is 1.76. The average molecular weight is 210 g/mol. The van der Waals surface area contributed by atoms with E-state index in [0.29, 0.717) is 25.6 Å². The summed E-state index contributed by atoms with van der Waals surface area (Å²) in [5.41, 5.74) is 6.37. The molecular formula is C10H18N4O. The molecule has 5 heteroatoms. The molecule has 0 radical (unpaired) electrons. The predicted molar refractivity (Wildman–Crippen MR) is 58.0 cm³/mol. The number of hydrogen-bond donors (Lipinski definition) is 2. The maximum atomic E-state index is 11.5. The van der Waals surface area contributed by atoms with E-state index in [1.54, 1.807) is 17.1 Å². The Bertz CT molecular complexity index is 319. The second-order valence-electron chi connectivity index (χ2n) is 3.91. The second kappa shape index (κ2) is 5.50. The van der Waals surface area contributed by atoms with E-state index in [4.69, 9.17) is 5.73 Å². The molecule has 3 N–H and O–H groups in total. The Kier molecular flexibility index (Phi) is 4.30. The van der Waals surface area contributed by atoms with Crippen LogP contribution in [0.4, 0.5) is 0 Å². The molecule has 0 aliphatic carbocycles. The Morgan fingerprint density at radius 3 is 3.00 bits per heavy atom. The highest BCUT2D eigenvalue weighted by atomic mass is 16.1. The van der Waals surface area contributed by atoms with Crippen molar-refractivity contribution in [1.29, 1.82) is 0 Å². The summed E-state index contributed by atoms with van der Waals surface area (Å²) in [6.45, 7) is 5.51. The second-order valence-corrected chi connectivity index (χ2v) is 3.91. The third-order valence-electron chi connectivity index (χ3n) is 2.03. The smallest absolute Gasteiger partial charge is 0.239 e. The van der Waals surface area contributed by atoms with Gasteiger partial charge in [-0.05, 0) is 5.92 Å². The molecule has 0 fully saturated rings. The van der Waals surface area contributed by atoms with Crippen LogP contribution in [0.25, 0.3) is 0 Å². The first-order chi connectivity index (χ1) is 7.13. The van der Waals surface area contributed by atoms with Crippen molar-refractivity contribution < 1.29 is 4.79 Å². The van der Waals surface area contributed by atoms with Gasteiger partial charge in [0.25, 0.3) is 0 Å². The fourth-order valence-corrected chi connectivity index (χ4v) is 1.19. The van der Waals surface area contributed by atoms with Gasteiger partial charge in [0, 0.05) is 19.3 Å². The number of aromatic nitrogens is 2. The van der Waals surface area contributed by atoms with Crippen molar-refractivity contribution in [2.45, 2.75) is 26.9 Å². The molecule has 84 valence electrons. The van der Waals surface area contributed by atoms with Gasteiger partial charge in [-0.2, -0.15) is 0 Å². The Morgan fingerprint density at radius 1 is 1.67 bits per heavy atom. The van der Waals surface area contributed by atoms with E-state index in [-0.39, 0.29) is 5.91 Å². The van der Waals surface area contributed by atoms with Gasteiger partial charge in [-0.15, -0.1) is 0 Å². The van der Waals surface area contributed by atoms with Crippen LogP contribution in [0.5, 0.6) is 0 Å². The minimum absolute atomic E-state index is 0.00333. The Balaban J connectivity index is 2.44. The fraction of sp³-hybridized carbons (Fsp3) is 0.600. The first-order valence-corrected chi connectivity index (χ1v) is 5.09. The molecule has 0 saturated carbocycles. The normalized spacial score (nSPS) is 10.7. The number of amides is 1. The lowest BCUT2D eigenvalue weighted by Crippen LogP contribution is -2.31. The van der Waals surface area contributed by atoms with Crippen LogP contribution in [-0.4, -0.2) is 22.0 Å². The van der Waals surface area contributed by atoms with E-state index in [2.05, 4.69) is 24.1 Å². The van der Waals surface area contributed by atoms with Crippen LogP contribution in [0.2, 0.25) is 0 Å². The lowest BCUT2D eigenvalue weighted by Gasteiger charge is -2.09. The minimum Gasteiger partial charge on any atom is -0.354 e. The van der Waals surface area contributed by atoms with Crippen LogP contribution < -0.4 is 11.1 Å². The van der Waals surface area contributed by atoms with Crippen molar-refractivity contribution in [1.82, 2.24) is 14.9 Å². The highest BCUT2D eigenvalue weighted by molar-refractivity contribution is 5.75. The summed E-state index contributed by atoms with van der Waals surface area (Å²) in [7, 11) is 0. The van der Waals surface area contributed by atoms with Gasteiger partial charge in [0.15, 0.2) is 0 Å². The summed E-state index contributed by atoms with van der Waals surface area (Å²) in [5, 5.41) is 2.84. The number of carbonyl (C=O) groups excluding carboxylic acids is 1. The van der Waals surface area contributed by atoms with Crippen LogP contribution in [-0.2, 0) is 17.9 Å². The number of imidazole rings is 1. The summed E-state index contributed by atoms with van der Waals surface area (Å²) in [6, 6.07) is 0. The first kappa shape index (κ1) is 11.7. The molecule has 0 bridgehead atoms. The topological polar surface area (TPSA) is 72.9 Å². The monoisotopic (exact) mass is 210 g/mol. The van der Waals surface area contributed by atoms with Gasteiger partial charge in [0.05, 0.1) is 12.0 Å². The zero-order chi connectivity index (χ0) is 11.3. The number of carbonyl (C=O) groups is 1. The fourth-order valence-electron chi connectivity index (χ4n) is 1.19. The van der Waals surface area contributed by atoms with Gasteiger partial charge >= 0.3 is 0 Å². The zero-order valence-electron chi connectivity index (χ0n) is 9.23. The largest absolute Gasteiger partial charge is 0.354 e. The van der Waals surface area contributed by atoms with Crippen molar-refractivity contribution in [3.05, 3.63) is 18.2 Å². The molecule has 0 aliphatic rings. The SMILES string of the molecule is CC(C)CNC(=O)Cn1cncc1CN. The molecule has 1 rings (SSSR count). The van der Waals surface area contributed by atoms with Gasteiger partial charge in [0.2, 0.25) is 5.91 Å². The molecule has 1 amide bonds. The third-order valence-corrected chi connectivity index (χ3v) is 2.03. The van der Waals surface area contributed by atoms with Crippen LogP contribution in [0.1, 0.15) is 19.5 Å². The van der Waals surface area contributed by atoms with E-state index < -0.39 is 0 Å². The van der Waals surface area contributed by atoms with Crippen LogP contribution in [0.3, 0.4) is 0 Å². The lowest BCUT2D eigenvalue weighted by atomic mass is 10.2. The van der Waals surface area contributed by atoms with E-state index in [1.807, 2.05) is 0 Å². The van der Waals surface area contributed by atoms with E-state index in [1.165, 1.54) is 0 Å². The average Bonchev–Trinajstić information content (AvgIpc) is 2.62. The van der Waals surface area contributed by atoms with Gasteiger partial charge in [-0.3, -0.25) is 4.79 Å². The van der Waals surface area contributed by atoms with Gasteiger partial charge in [0.1, 0.15) is 6.54 Å². The number of nitrogens with two attached hydrogens (primary N) is 1. The number of hydrogen-bond acceptors (Lipinski definition) is 3. The van der Waals surface area contributed by atoms with Gasteiger partial charge in [-0.25, -0.2) is 4.98 Å². The highest BCUT2D eigenvalue weighted by Crippen LogP contribution is 1.97. The molecule has 0 atom stereocenters. The Morgan fingerprint density at radius 2 is 2.40 bits per heavy atom. The van der Waals surface area contributed by atoms with Crippen molar-refractivity contribution in [3.8, 4) is 0 Å². The summed E-state index contributed by atoms with van der Waals surface area (Å²) >= 11 is 0. The third kappa shape index (κ3) is 3.71. The highest BCUT2D eigenvalue weighted by Gasteiger charge is 2.06. The molecule has 0 spiro atoms. The van der Waals surface area contributed by atoms with E-state index in [9.17, 15) is 4.79 Å². The van der Waals surface area contributed by atoms with E-state index in [0.717, 1.165) is 5.69 Å². The van der Waals surface area contributed by atoms with Crippen molar-refractivity contribution >= 4 is 5.91 Å². The number of rotatable bonds is 5. The summed E-state index contributed by atoms with van der Waals surface area (Å²) in [4.78, 5) is 15.4. The molecular weight excluding hydrogens is 192 g/mol. The molecule has 0 aromatic carbocycles. The first-order valence-electron chi connectivity index (χ1n) is 5.09. The summed E-state index contributed by atoms with van der Waals surface area (Å²) in [6.07, 6.45) is 3.30. The molecule has 5 nitrogen and oxygen atoms in total. The quantitative estimate of drug-likeness (QED) is 0.724. The maximum Gasteiger partial charge on any atom is 0.239 e. The minimum atomic E-state index is -0.00333. The molecule has 0 aliphatic heterocycles. The van der Waals surface area contributed by atoms with Crippen LogP contribution in [0, 0.1) is 5.92 Å². The molecule has 0 saturated heterocycles. The van der Waals surface area contributed by atoms with Gasteiger partial charge < -0.3 is 15.6 Å². The van der Waals surface area contributed by atoms with Crippen LogP contribution >= 0.6 is 0 Å². The van der Waals surface area contributed by atoms with E-state index >= 15 is 0 Å². The van der Waals surface area contributed by atoms with Crippen molar-refractivity contribution in [2.75, 3.05) is 6.54 Å². The zero-order valence-corrected chi connectivity index (χ0v) is 9.23. The molecule has 0 unspecified atom stereocenters. The summed E-state index contributed by atoms with van der Waals surface area (Å²) in [5.74, 6) is 0.460. The number of nitrogens with one attached hydrogen (secondary N) is 1. The Hall–Kier alpha value is -1.36. The Labute approximate surface area is 89.7 Å².